The fourth-order valence-electron chi connectivity index (χ4n) is 2.40. The van der Waals surface area contributed by atoms with Crippen molar-refractivity contribution in [2.75, 3.05) is 5.32 Å². The lowest BCUT2D eigenvalue weighted by molar-refractivity contribution is 0.642. The van der Waals surface area contributed by atoms with E-state index in [0.29, 0.717) is 6.04 Å². The van der Waals surface area contributed by atoms with Crippen molar-refractivity contribution < 1.29 is 0 Å². The fourth-order valence-corrected chi connectivity index (χ4v) is 2.40. The molecule has 0 spiro atoms. The van der Waals surface area contributed by atoms with Crippen molar-refractivity contribution in [1.29, 1.82) is 0 Å². The Bertz CT molecular complexity index is 607. The molecule has 0 amide bonds. The van der Waals surface area contributed by atoms with Gasteiger partial charge in [0.15, 0.2) is 5.82 Å². The van der Waals surface area contributed by atoms with Crippen LogP contribution in [0.3, 0.4) is 0 Å². The zero-order chi connectivity index (χ0) is 13.8. The molecule has 0 radical (unpaired) electrons. The highest BCUT2D eigenvalue weighted by Gasteiger charge is 2.11. The largest absolute Gasteiger partial charge is 0.367 e. The molecule has 2 aromatic rings. The number of pyridine rings is 1. The molecule has 1 aliphatic carbocycles. The first-order valence-electron chi connectivity index (χ1n) is 6.99. The minimum atomic E-state index is 0.469. The zero-order valence-electron chi connectivity index (χ0n) is 11.6. The molecule has 102 valence electrons. The Morgan fingerprint density at radius 1 is 1.25 bits per heavy atom. The summed E-state index contributed by atoms with van der Waals surface area (Å²) in [6, 6.07) is 6.35. The molecule has 2 aromatic heterocycles. The SMILES string of the molecule is Cc1cc(NC2CC=CCC2)nc(-c2cccnc2)n1. The standard InChI is InChI=1S/C16H18N4/c1-12-10-15(19-14-7-3-2-4-8-14)20-16(18-12)13-6-5-9-17-11-13/h2-3,5-6,9-11,14H,4,7-8H2,1H3,(H,18,19,20). The van der Waals surface area contributed by atoms with E-state index in [1.165, 1.54) is 0 Å². The summed E-state index contributed by atoms with van der Waals surface area (Å²) in [6.07, 6.45) is 11.4. The third kappa shape index (κ3) is 3.02. The van der Waals surface area contributed by atoms with Gasteiger partial charge in [0.25, 0.3) is 0 Å². The monoisotopic (exact) mass is 266 g/mol. The van der Waals surface area contributed by atoms with E-state index in [9.17, 15) is 0 Å². The first kappa shape index (κ1) is 12.8. The van der Waals surface area contributed by atoms with E-state index in [-0.39, 0.29) is 0 Å². The average molecular weight is 266 g/mol. The molecular formula is C16H18N4. The highest BCUT2D eigenvalue weighted by molar-refractivity contribution is 5.56. The third-order valence-electron chi connectivity index (χ3n) is 3.40. The van der Waals surface area contributed by atoms with Gasteiger partial charge in [0.2, 0.25) is 0 Å². The summed E-state index contributed by atoms with van der Waals surface area (Å²) in [6.45, 7) is 1.99. The molecule has 0 aliphatic heterocycles. The van der Waals surface area contributed by atoms with E-state index in [4.69, 9.17) is 0 Å². The molecule has 2 heterocycles. The van der Waals surface area contributed by atoms with Gasteiger partial charge in [0.1, 0.15) is 5.82 Å². The Balaban J connectivity index is 1.85. The van der Waals surface area contributed by atoms with E-state index in [2.05, 4.69) is 32.4 Å². The van der Waals surface area contributed by atoms with Gasteiger partial charge >= 0.3 is 0 Å². The second-order valence-electron chi connectivity index (χ2n) is 5.09. The molecule has 0 fully saturated rings. The smallest absolute Gasteiger partial charge is 0.163 e. The predicted octanol–water partition coefficient (Wildman–Crippen LogP) is 3.37. The van der Waals surface area contributed by atoms with Crippen molar-refractivity contribution in [1.82, 2.24) is 15.0 Å². The number of aryl methyl sites for hydroxylation is 1. The van der Waals surface area contributed by atoms with Crippen molar-refractivity contribution >= 4 is 5.82 Å². The van der Waals surface area contributed by atoms with E-state index >= 15 is 0 Å². The number of hydrogen-bond acceptors (Lipinski definition) is 4. The van der Waals surface area contributed by atoms with Gasteiger partial charge in [-0.25, -0.2) is 9.97 Å². The minimum absolute atomic E-state index is 0.469. The summed E-state index contributed by atoms with van der Waals surface area (Å²) >= 11 is 0. The average Bonchev–Trinajstić information content (AvgIpc) is 2.49. The van der Waals surface area contributed by atoms with Crippen LogP contribution in [0, 0.1) is 6.92 Å². The Labute approximate surface area is 119 Å². The molecule has 0 saturated heterocycles. The molecule has 0 bridgehead atoms. The van der Waals surface area contributed by atoms with Gasteiger partial charge in [-0.3, -0.25) is 4.98 Å². The number of aromatic nitrogens is 3. The summed E-state index contributed by atoms with van der Waals surface area (Å²) in [5, 5.41) is 3.51. The van der Waals surface area contributed by atoms with Gasteiger partial charge in [-0.1, -0.05) is 12.2 Å². The van der Waals surface area contributed by atoms with Crippen LogP contribution in [0.4, 0.5) is 5.82 Å². The Kier molecular flexibility index (Phi) is 3.72. The van der Waals surface area contributed by atoms with Crippen molar-refractivity contribution in [3.63, 3.8) is 0 Å². The zero-order valence-corrected chi connectivity index (χ0v) is 11.6. The maximum absolute atomic E-state index is 4.61. The van der Waals surface area contributed by atoms with Gasteiger partial charge < -0.3 is 5.32 Å². The summed E-state index contributed by atoms with van der Waals surface area (Å²) < 4.78 is 0. The maximum atomic E-state index is 4.61. The lowest BCUT2D eigenvalue weighted by atomic mass is 10.0. The molecule has 1 atom stereocenters. The van der Waals surface area contributed by atoms with Crippen LogP contribution in [0.15, 0.2) is 42.7 Å². The summed E-state index contributed by atoms with van der Waals surface area (Å²) in [5.74, 6) is 1.63. The van der Waals surface area contributed by atoms with Gasteiger partial charge in [0, 0.05) is 35.8 Å². The molecule has 1 N–H and O–H groups in total. The summed E-state index contributed by atoms with van der Waals surface area (Å²) in [4.78, 5) is 13.2. The van der Waals surface area contributed by atoms with Gasteiger partial charge in [-0.2, -0.15) is 0 Å². The summed E-state index contributed by atoms with van der Waals surface area (Å²) in [5.41, 5.74) is 1.91. The molecular weight excluding hydrogens is 248 g/mol. The molecule has 3 rings (SSSR count). The first-order chi connectivity index (χ1) is 9.81. The van der Waals surface area contributed by atoms with Crippen molar-refractivity contribution in [3.05, 3.63) is 48.4 Å². The van der Waals surface area contributed by atoms with Gasteiger partial charge in [-0.15, -0.1) is 0 Å². The fraction of sp³-hybridized carbons (Fsp3) is 0.312. The Morgan fingerprint density at radius 2 is 2.20 bits per heavy atom. The Morgan fingerprint density at radius 3 is 2.95 bits per heavy atom. The van der Waals surface area contributed by atoms with Crippen LogP contribution in [0.1, 0.15) is 25.0 Å². The van der Waals surface area contributed by atoms with Crippen molar-refractivity contribution in [3.8, 4) is 11.4 Å². The van der Waals surface area contributed by atoms with E-state index in [1.54, 1.807) is 12.4 Å². The predicted molar refractivity (Wildman–Crippen MR) is 80.4 cm³/mol. The topological polar surface area (TPSA) is 50.7 Å². The second-order valence-corrected chi connectivity index (χ2v) is 5.09. The van der Waals surface area contributed by atoms with Crippen LogP contribution in [-0.4, -0.2) is 21.0 Å². The van der Waals surface area contributed by atoms with Crippen molar-refractivity contribution in [2.24, 2.45) is 0 Å². The number of anilines is 1. The molecule has 0 saturated carbocycles. The number of rotatable bonds is 3. The van der Waals surface area contributed by atoms with E-state index in [0.717, 1.165) is 42.2 Å². The molecule has 1 aliphatic rings. The molecule has 0 aromatic carbocycles. The normalized spacial score (nSPS) is 17.9. The number of nitrogens with one attached hydrogen (secondary N) is 1. The van der Waals surface area contributed by atoms with Crippen LogP contribution >= 0.6 is 0 Å². The number of nitrogens with zero attached hydrogens (tertiary/aromatic N) is 3. The van der Waals surface area contributed by atoms with Crippen LogP contribution in [0.5, 0.6) is 0 Å². The third-order valence-corrected chi connectivity index (χ3v) is 3.40. The highest BCUT2D eigenvalue weighted by atomic mass is 15.0. The number of hydrogen-bond donors (Lipinski definition) is 1. The molecule has 20 heavy (non-hydrogen) atoms. The molecule has 4 nitrogen and oxygen atoms in total. The van der Waals surface area contributed by atoms with Crippen LogP contribution in [0.25, 0.3) is 11.4 Å². The molecule has 1 unspecified atom stereocenters. The highest BCUT2D eigenvalue weighted by Crippen LogP contribution is 2.20. The maximum Gasteiger partial charge on any atom is 0.163 e. The van der Waals surface area contributed by atoms with Crippen LogP contribution in [0.2, 0.25) is 0 Å². The van der Waals surface area contributed by atoms with Gasteiger partial charge in [-0.05, 0) is 38.3 Å². The van der Waals surface area contributed by atoms with Crippen LogP contribution in [-0.2, 0) is 0 Å². The second kappa shape index (κ2) is 5.82. The van der Waals surface area contributed by atoms with Crippen molar-refractivity contribution in [2.45, 2.75) is 32.2 Å². The first-order valence-corrected chi connectivity index (χ1v) is 6.99. The number of allylic oxidation sites excluding steroid dienone is 1. The lowest BCUT2D eigenvalue weighted by Gasteiger charge is -2.20. The van der Waals surface area contributed by atoms with Crippen LogP contribution < -0.4 is 5.32 Å². The quantitative estimate of drug-likeness (QED) is 0.865. The Hall–Kier alpha value is -2.23. The van der Waals surface area contributed by atoms with E-state index in [1.807, 2.05) is 25.1 Å². The van der Waals surface area contributed by atoms with Gasteiger partial charge in [0.05, 0.1) is 0 Å². The molecule has 4 heteroatoms. The summed E-state index contributed by atoms with van der Waals surface area (Å²) in [7, 11) is 0. The lowest BCUT2D eigenvalue weighted by Crippen LogP contribution is -2.21. The van der Waals surface area contributed by atoms with E-state index < -0.39 is 0 Å². The minimum Gasteiger partial charge on any atom is -0.367 e.